The van der Waals surface area contributed by atoms with Gasteiger partial charge in [0.05, 0.1) is 10.2 Å². The lowest BCUT2D eigenvalue weighted by Crippen LogP contribution is -2.21. The number of carbonyl (C=O) groups is 1. The summed E-state index contributed by atoms with van der Waals surface area (Å²) >= 11 is 0.874. The molecule has 4 aromatic rings. The molecule has 148 valence electrons. The Hall–Kier alpha value is -3.41. The highest BCUT2D eigenvalue weighted by molar-refractivity contribution is 7.22. The Kier molecular flexibility index (Phi) is 4.49. The van der Waals surface area contributed by atoms with Crippen LogP contribution in [0.1, 0.15) is 16.2 Å². The highest BCUT2D eigenvalue weighted by atomic mass is 32.1. The van der Waals surface area contributed by atoms with Gasteiger partial charge in [0.25, 0.3) is 5.91 Å². The number of benzene rings is 2. The summed E-state index contributed by atoms with van der Waals surface area (Å²) in [6, 6.07) is 8.35. The lowest BCUT2D eigenvalue weighted by molar-refractivity contribution is -0.143. The zero-order chi connectivity index (χ0) is 20.8. The number of amides is 1. The predicted molar refractivity (Wildman–Crippen MR) is 93.9 cm³/mol. The summed E-state index contributed by atoms with van der Waals surface area (Å²) in [7, 11) is 0. The maximum Gasteiger partial charge on any atom is 0.435 e. The first-order valence-electron chi connectivity index (χ1n) is 7.89. The van der Waals surface area contributed by atoms with Crippen molar-refractivity contribution < 1.29 is 26.7 Å². The molecule has 0 aliphatic heterocycles. The summed E-state index contributed by atoms with van der Waals surface area (Å²) in [4.78, 5) is 16.4. The van der Waals surface area contributed by atoms with Crippen LogP contribution in [0, 0.1) is 11.6 Å². The number of thiazole rings is 1. The smallest absolute Gasteiger partial charge is 0.296 e. The Bertz CT molecular complexity index is 1230. The summed E-state index contributed by atoms with van der Waals surface area (Å²) in [6.07, 6.45) is -5.05. The number of fused-ring (bicyclic) bond motifs is 1. The highest BCUT2D eigenvalue weighted by Gasteiger charge is 2.42. The van der Waals surface area contributed by atoms with E-state index in [2.05, 4.69) is 20.6 Å². The van der Waals surface area contributed by atoms with Crippen LogP contribution in [0.25, 0.3) is 15.9 Å². The molecule has 0 atom stereocenters. The van der Waals surface area contributed by atoms with Gasteiger partial charge in [0.2, 0.25) is 0 Å². The van der Waals surface area contributed by atoms with Gasteiger partial charge in [0, 0.05) is 0 Å². The monoisotopic (exact) mass is 425 g/mol. The highest BCUT2D eigenvalue weighted by Crippen LogP contribution is 2.34. The fraction of sp³-hybridized carbons (Fsp3) is 0.0588. The van der Waals surface area contributed by atoms with Crippen molar-refractivity contribution in [3.63, 3.8) is 0 Å². The molecule has 0 saturated carbocycles. The minimum atomic E-state index is -5.05. The number of anilines is 1. The molecule has 0 spiro atoms. The number of hydrogen-bond acceptors (Lipinski definition) is 5. The molecule has 0 bridgehead atoms. The summed E-state index contributed by atoms with van der Waals surface area (Å²) in [5, 5.41) is 8.75. The number of nitrogens with zero attached hydrogens (tertiary/aromatic N) is 4. The Labute approximate surface area is 162 Å². The Morgan fingerprint density at radius 2 is 1.86 bits per heavy atom. The number of halogens is 5. The first kappa shape index (κ1) is 18.9. The molecule has 0 fully saturated rings. The number of alkyl halides is 3. The van der Waals surface area contributed by atoms with Crippen molar-refractivity contribution in [2.24, 2.45) is 0 Å². The van der Waals surface area contributed by atoms with E-state index in [0.717, 1.165) is 29.5 Å². The molecule has 1 N–H and O–H groups in total. The van der Waals surface area contributed by atoms with Crippen molar-refractivity contribution in [1.29, 1.82) is 0 Å². The van der Waals surface area contributed by atoms with Crippen LogP contribution in [-0.2, 0) is 6.18 Å². The van der Waals surface area contributed by atoms with E-state index in [-0.39, 0.29) is 9.81 Å². The molecule has 0 saturated heterocycles. The third kappa shape index (κ3) is 3.53. The molecule has 4 rings (SSSR count). The van der Waals surface area contributed by atoms with E-state index in [1.54, 1.807) is 0 Å². The Morgan fingerprint density at radius 3 is 2.59 bits per heavy atom. The van der Waals surface area contributed by atoms with E-state index in [1.165, 1.54) is 24.3 Å². The molecular formula is C17H8F5N5OS. The maximum absolute atomic E-state index is 14.0. The van der Waals surface area contributed by atoms with Crippen LogP contribution in [0.5, 0.6) is 0 Å². The quantitative estimate of drug-likeness (QED) is 0.493. The van der Waals surface area contributed by atoms with Crippen LogP contribution in [0.15, 0.2) is 42.5 Å². The average Bonchev–Trinajstić information content (AvgIpc) is 3.25. The number of para-hydroxylation sites is 1. The van der Waals surface area contributed by atoms with Crippen LogP contribution in [0.3, 0.4) is 0 Å². The maximum atomic E-state index is 14.0. The lowest BCUT2D eigenvalue weighted by atomic mass is 10.2. The largest absolute Gasteiger partial charge is 0.435 e. The summed E-state index contributed by atoms with van der Waals surface area (Å²) in [5.74, 6) is -2.73. The van der Waals surface area contributed by atoms with Crippen molar-refractivity contribution in [1.82, 2.24) is 20.0 Å². The second-order valence-electron chi connectivity index (χ2n) is 5.73. The van der Waals surface area contributed by atoms with Gasteiger partial charge in [-0.2, -0.15) is 13.2 Å². The molecule has 0 aliphatic rings. The first-order valence-corrected chi connectivity index (χ1v) is 8.71. The Morgan fingerprint density at radius 1 is 1.10 bits per heavy atom. The summed E-state index contributed by atoms with van der Waals surface area (Å²) in [6.45, 7) is 0. The number of aromatic nitrogens is 4. The topological polar surface area (TPSA) is 72.7 Å². The standard InChI is InChI=1S/C17H8F5N5OS/c18-8-5-6-10-12(7-8)29-16(23-10)24-15(28)13-14(17(20,21)22)27(26-25-13)11-4-2-1-3-9(11)19/h1-7H,(H,23,24,28). The molecule has 0 aliphatic carbocycles. The molecule has 29 heavy (non-hydrogen) atoms. The number of carbonyl (C=O) groups excluding carboxylic acids is 1. The van der Waals surface area contributed by atoms with Crippen LogP contribution in [-0.4, -0.2) is 25.9 Å². The summed E-state index contributed by atoms with van der Waals surface area (Å²) < 4.78 is 68.7. The van der Waals surface area contributed by atoms with Gasteiger partial charge in [-0.1, -0.05) is 28.7 Å². The van der Waals surface area contributed by atoms with E-state index >= 15 is 0 Å². The van der Waals surface area contributed by atoms with Gasteiger partial charge in [-0.15, -0.1) is 5.10 Å². The van der Waals surface area contributed by atoms with E-state index in [1.807, 2.05) is 0 Å². The van der Waals surface area contributed by atoms with E-state index in [9.17, 15) is 26.7 Å². The van der Waals surface area contributed by atoms with Gasteiger partial charge >= 0.3 is 6.18 Å². The molecule has 12 heteroatoms. The van der Waals surface area contributed by atoms with Crippen molar-refractivity contribution in [3.8, 4) is 5.69 Å². The van der Waals surface area contributed by atoms with Gasteiger partial charge in [0.1, 0.15) is 17.3 Å². The van der Waals surface area contributed by atoms with E-state index < -0.39 is 40.8 Å². The third-order valence-electron chi connectivity index (χ3n) is 3.81. The molecular weight excluding hydrogens is 417 g/mol. The lowest BCUT2D eigenvalue weighted by Gasteiger charge is -2.11. The van der Waals surface area contributed by atoms with Gasteiger partial charge in [-0.25, -0.2) is 18.4 Å². The number of hydrogen-bond donors (Lipinski definition) is 1. The minimum Gasteiger partial charge on any atom is -0.296 e. The molecule has 6 nitrogen and oxygen atoms in total. The van der Waals surface area contributed by atoms with Crippen molar-refractivity contribution in [3.05, 3.63) is 65.5 Å². The molecule has 0 unspecified atom stereocenters. The van der Waals surface area contributed by atoms with Crippen LogP contribution in [0.4, 0.5) is 27.1 Å². The van der Waals surface area contributed by atoms with E-state index in [4.69, 9.17) is 0 Å². The second kappa shape index (κ2) is 6.88. The SMILES string of the molecule is O=C(Nc1nc2ccc(F)cc2s1)c1nnn(-c2ccccc2F)c1C(F)(F)F. The summed E-state index contributed by atoms with van der Waals surface area (Å²) in [5.41, 5.74) is -2.74. The predicted octanol–water partition coefficient (Wildman–Crippen LogP) is 4.43. The fourth-order valence-corrected chi connectivity index (χ4v) is 3.48. The zero-order valence-electron chi connectivity index (χ0n) is 14.0. The fourth-order valence-electron chi connectivity index (χ4n) is 2.59. The van der Waals surface area contributed by atoms with Crippen molar-refractivity contribution in [2.45, 2.75) is 6.18 Å². The molecule has 1 amide bonds. The van der Waals surface area contributed by atoms with Crippen LogP contribution >= 0.6 is 11.3 Å². The van der Waals surface area contributed by atoms with Crippen LogP contribution < -0.4 is 5.32 Å². The normalized spacial score (nSPS) is 11.8. The van der Waals surface area contributed by atoms with Crippen molar-refractivity contribution >= 4 is 32.6 Å². The van der Waals surface area contributed by atoms with Gasteiger partial charge < -0.3 is 0 Å². The molecule has 2 heterocycles. The number of rotatable bonds is 3. The van der Waals surface area contributed by atoms with Gasteiger partial charge in [-0.05, 0) is 30.3 Å². The zero-order valence-corrected chi connectivity index (χ0v) is 14.9. The minimum absolute atomic E-state index is 0.0517. The average molecular weight is 425 g/mol. The molecule has 2 aromatic carbocycles. The number of nitrogens with one attached hydrogen (secondary N) is 1. The Balaban J connectivity index is 1.74. The molecule has 2 aromatic heterocycles. The van der Waals surface area contributed by atoms with Crippen LogP contribution in [0.2, 0.25) is 0 Å². The molecule has 0 radical (unpaired) electrons. The van der Waals surface area contributed by atoms with Gasteiger partial charge in [0.15, 0.2) is 16.5 Å². The van der Waals surface area contributed by atoms with Crippen molar-refractivity contribution in [2.75, 3.05) is 5.32 Å². The van der Waals surface area contributed by atoms with Gasteiger partial charge in [-0.3, -0.25) is 10.1 Å². The first-order chi connectivity index (χ1) is 13.7. The van der Waals surface area contributed by atoms with E-state index in [0.29, 0.717) is 10.2 Å². The third-order valence-corrected chi connectivity index (χ3v) is 4.74. The second-order valence-corrected chi connectivity index (χ2v) is 6.76.